The molecule has 2 unspecified atom stereocenters. The van der Waals surface area contributed by atoms with Gasteiger partial charge in [-0.05, 0) is 25.7 Å². The first kappa shape index (κ1) is 14.5. The fourth-order valence-corrected chi connectivity index (χ4v) is 1.53. The minimum Gasteiger partial charge on any atom is -0.463 e. The molecule has 0 saturated carbocycles. The van der Waals surface area contributed by atoms with Crippen molar-refractivity contribution in [1.29, 1.82) is 0 Å². The fraction of sp³-hybridized carbons (Fsp3) is 0.923. The smallest absolute Gasteiger partial charge is 0.306 e. The average Bonchev–Trinajstić information content (AvgIpc) is 2.23. The Morgan fingerprint density at radius 2 is 1.87 bits per heavy atom. The molecule has 0 spiro atoms. The molecule has 0 aliphatic heterocycles. The second kappa shape index (κ2) is 8.75. The molecule has 0 radical (unpaired) electrons. The number of carbonyl (C=O) groups is 1. The number of unbranched alkanes of at least 4 members (excludes halogenated alkanes) is 1. The zero-order valence-electron chi connectivity index (χ0n) is 10.7. The molecular formula is C13H26O2. The summed E-state index contributed by atoms with van der Waals surface area (Å²) in [4.78, 5) is 11.5. The third-order valence-corrected chi connectivity index (χ3v) is 2.91. The first-order valence-corrected chi connectivity index (χ1v) is 6.33. The van der Waals surface area contributed by atoms with Gasteiger partial charge in [0.25, 0.3) is 0 Å². The zero-order chi connectivity index (χ0) is 11.7. The highest BCUT2D eigenvalue weighted by atomic mass is 16.5. The number of rotatable bonds is 8. The van der Waals surface area contributed by atoms with Crippen molar-refractivity contribution in [2.75, 3.05) is 0 Å². The Morgan fingerprint density at radius 3 is 2.33 bits per heavy atom. The molecule has 2 atom stereocenters. The van der Waals surface area contributed by atoms with Crippen LogP contribution in [0.4, 0.5) is 0 Å². The Kier molecular flexibility index (Phi) is 8.44. The zero-order valence-corrected chi connectivity index (χ0v) is 10.7. The molecule has 0 amide bonds. The van der Waals surface area contributed by atoms with Crippen LogP contribution < -0.4 is 0 Å². The monoisotopic (exact) mass is 214 g/mol. The SMILES string of the molecule is CCCCC(CC)CC(=O)OC(C)CC. The Morgan fingerprint density at radius 1 is 1.20 bits per heavy atom. The lowest BCUT2D eigenvalue weighted by atomic mass is 9.96. The van der Waals surface area contributed by atoms with Crippen LogP contribution in [0.1, 0.15) is 66.2 Å². The van der Waals surface area contributed by atoms with E-state index in [1.807, 2.05) is 13.8 Å². The molecule has 0 saturated heterocycles. The topological polar surface area (TPSA) is 26.3 Å². The van der Waals surface area contributed by atoms with Crippen molar-refractivity contribution < 1.29 is 9.53 Å². The van der Waals surface area contributed by atoms with Crippen LogP contribution >= 0.6 is 0 Å². The summed E-state index contributed by atoms with van der Waals surface area (Å²) in [5, 5.41) is 0. The summed E-state index contributed by atoms with van der Waals surface area (Å²) in [6.07, 6.45) is 6.23. The van der Waals surface area contributed by atoms with Crippen LogP contribution in [0.2, 0.25) is 0 Å². The number of hydrogen-bond donors (Lipinski definition) is 0. The van der Waals surface area contributed by atoms with E-state index in [2.05, 4.69) is 13.8 Å². The van der Waals surface area contributed by atoms with Gasteiger partial charge < -0.3 is 4.74 Å². The molecule has 0 aliphatic carbocycles. The third kappa shape index (κ3) is 7.40. The van der Waals surface area contributed by atoms with Gasteiger partial charge in [-0.2, -0.15) is 0 Å². The average molecular weight is 214 g/mol. The van der Waals surface area contributed by atoms with Gasteiger partial charge in [0.2, 0.25) is 0 Å². The molecule has 0 fully saturated rings. The van der Waals surface area contributed by atoms with Crippen molar-refractivity contribution in [2.45, 2.75) is 72.3 Å². The van der Waals surface area contributed by atoms with Crippen molar-refractivity contribution in [3.8, 4) is 0 Å². The number of carbonyl (C=O) groups excluding carboxylic acids is 1. The molecule has 15 heavy (non-hydrogen) atoms. The lowest BCUT2D eigenvalue weighted by Crippen LogP contribution is -2.17. The molecule has 0 bridgehead atoms. The Hall–Kier alpha value is -0.530. The van der Waals surface area contributed by atoms with E-state index in [9.17, 15) is 4.79 Å². The quantitative estimate of drug-likeness (QED) is 0.572. The van der Waals surface area contributed by atoms with E-state index in [4.69, 9.17) is 4.74 Å². The summed E-state index contributed by atoms with van der Waals surface area (Å²) < 4.78 is 5.27. The van der Waals surface area contributed by atoms with Crippen molar-refractivity contribution >= 4 is 5.97 Å². The summed E-state index contributed by atoms with van der Waals surface area (Å²) in [7, 11) is 0. The second-order valence-corrected chi connectivity index (χ2v) is 4.33. The van der Waals surface area contributed by atoms with Gasteiger partial charge in [0, 0.05) is 6.42 Å². The van der Waals surface area contributed by atoms with Crippen molar-refractivity contribution in [1.82, 2.24) is 0 Å². The van der Waals surface area contributed by atoms with E-state index >= 15 is 0 Å². The predicted octanol–water partition coefficient (Wildman–Crippen LogP) is 3.93. The molecule has 0 rings (SSSR count). The van der Waals surface area contributed by atoms with E-state index in [1.165, 1.54) is 12.8 Å². The number of hydrogen-bond acceptors (Lipinski definition) is 2. The Balaban J connectivity index is 3.79. The first-order chi connectivity index (χ1) is 7.13. The van der Waals surface area contributed by atoms with Crippen LogP contribution in [0.5, 0.6) is 0 Å². The lowest BCUT2D eigenvalue weighted by Gasteiger charge is -2.16. The lowest BCUT2D eigenvalue weighted by molar-refractivity contribution is -0.149. The standard InChI is InChI=1S/C13H26O2/c1-5-8-9-12(7-3)10-13(14)15-11(4)6-2/h11-12H,5-10H2,1-4H3. The van der Waals surface area contributed by atoms with E-state index in [1.54, 1.807) is 0 Å². The molecular weight excluding hydrogens is 188 g/mol. The summed E-state index contributed by atoms with van der Waals surface area (Å²) in [6, 6.07) is 0. The highest BCUT2D eigenvalue weighted by Crippen LogP contribution is 2.17. The second-order valence-electron chi connectivity index (χ2n) is 4.33. The van der Waals surface area contributed by atoms with Crippen LogP contribution in [-0.4, -0.2) is 12.1 Å². The van der Waals surface area contributed by atoms with Crippen LogP contribution in [0.3, 0.4) is 0 Å². The van der Waals surface area contributed by atoms with Gasteiger partial charge in [0.15, 0.2) is 0 Å². The van der Waals surface area contributed by atoms with Crippen LogP contribution in [0, 0.1) is 5.92 Å². The van der Waals surface area contributed by atoms with E-state index in [-0.39, 0.29) is 12.1 Å². The van der Waals surface area contributed by atoms with Gasteiger partial charge in [-0.3, -0.25) is 4.79 Å². The molecule has 2 heteroatoms. The Bertz CT molecular complexity index is 166. The third-order valence-electron chi connectivity index (χ3n) is 2.91. The van der Waals surface area contributed by atoms with Crippen molar-refractivity contribution in [3.63, 3.8) is 0 Å². The molecule has 0 aromatic rings. The molecule has 2 nitrogen and oxygen atoms in total. The normalized spacial score (nSPS) is 14.7. The summed E-state index contributed by atoms with van der Waals surface area (Å²) in [5.41, 5.74) is 0. The number of ether oxygens (including phenoxy) is 1. The van der Waals surface area contributed by atoms with Crippen molar-refractivity contribution in [2.24, 2.45) is 5.92 Å². The molecule has 0 N–H and O–H groups in total. The maximum atomic E-state index is 11.5. The van der Waals surface area contributed by atoms with Gasteiger partial charge in [0.05, 0.1) is 6.10 Å². The van der Waals surface area contributed by atoms with E-state index in [0.29, 0.717) is 12.3 Å². The maximum absolute atomic E-state index is 11.5. The van der Waals surface area contributed by atoms with Gasteiger partial charge in [-0.1, -0.05) is 40.0 Å². The van der Waals surface area contributed by atoms with E-state index in [0.717, 1.165) is 19.3 Å². The fourth-order valence-electron chi connectivity index (χ4n) is 1.53. The van der Waals surface area contributed by atoms with Gasteiger partial charge in [0.1, 0.15) is 0 Å². The highest BCUT2D eigenvalue weighted by Gasteiger charge is 2.14. The first-order valence-electron chi connectivity index (χ1n) is 6.33. The molecule has 0 aliphatic rings. The van der Waals surface area contributed by atoms with Crippen molar-refractivity contribution in [3.05, 3.63) is 0 Å². The maximum Gasteiger partial charge on any atom is 0.306 e. The van der Waals surface area contributed by atoms with Crippen LogP contribution in [-0.2, 0) is 9.53 Å². The Labute approximate surface area is 94.4 Å². The summed E-state index contributed by atoms with van der Waals surface area (Å²) in [6.45, 7) is 8.32. The van der Waals surface area contributed by atoms with Crippen LogP contribution in [0.25, 0.3) is 0 Å². The molecule has 0 aromatic carbocycles. The van der Waals surface area contributed by atoms with Gasteiger partial charge in [-0.15, -0.1) is 0 Å². The summed E-state index contributed by atoms with van der Waals surface area (Å²) >= 11 is 0. The molecule has 0 aromatic heterocycles. The predicted molar refractivity (Wildman–Crippen MR) is 63.8 cm³/mol. The molecule has 0 heterocycles. The minimum atomic E-state index is -0.0210. The van der Waals surface area contributed by atoms with Gasteiger partial charge in [-0.25, -0.2) is 0 Å². The van der Waals surface area contributed by atoms with E-state index < -0.39 is 0 Å². The number of esters is 1. The van der Waals surface area contributed by atoms with Gasteiger partial charge >= 0.3 is 5.97 Å². The van der Waals surface area contributed by atoms with Crippen LogP contribution in [0.15, 0.2) is 0 Å². The molecule has 90 valence electrons. The minimum absolute atomic E-state index is 0.0210. The highest BCUT2D eigenvalue weighted by molar-refractivity contribution is 5.69. The summed E-state index contributed by atoms with van der Waals surface area (Å²) in [5.74, 6) is 0.494. The largest absolute Gasteiger partial charge is 0.463 e.